The molecule has 19 heteroatoms. The summed E-state index contributed by atoms with van der Waals surface area (Å²) in [5.41, 5.74) is 0.00128. The molecule has 0 aromatic carbocycles. The highest BCUT2D eigenvalue weighted by Crippen LogP contribution is 2.60. The zero-order valence-electron chi connectivity index (χ0n) is 22.0. The van der Waals surface area contributed by atoms with E-state index in [0.717, 1.165) is 7.11 Å². The van der Waals surface area contributed by atoms with Crippen molar-refractivity contribution in [3.8, 4) is 0 Å². The van der Waals surface area contributed by atoms with E-state index in [2.05, 4.69) is 9.98 Å². The molecule has 0 saturated carbocycles. The first kappa shape index (κ1) is 35.8. The molecule has 0 saturated heterocycles. The van der Waals surface area contributed by atoms with E-state index < -0.39 is 79.0 Å². The number of hydrogen-bond acceptors (Lipinski definition) is 6. The number of halogens is 13. The van der Waals surface area contributed by atoms with E-state index in [1.165, 1.54) is 38.4 Å². The molecule has 1 aromatic rings. The molecule has 1 aliphatic rings. The summed E-state index contributed by atoms with van der Waals surface area (Å²) in [6, 6.07) is 2.86. The maximum absolute atomic E-state index is 14.0. The molecule has 0 amide bonds. The molecule has 2 heterocycles. The zero-order chi connectivity index (χ0) is 33.4. The molecule has 0 spiro atoms. The van der Waals surface area contributed by atoms with Crippen LogP contribution in [-0.2, 0) is 19.1 Å². The van der Waals surface area contributed by atoms with Crippen LogP contribution < -0.4 is 0 Å². The fraction of sp³-hybridized carbons (Fsp3) is 0.583. The highest BCUT2D eigenvalue weighted by molar-refractivity contribution is 6.06. The van der Waals surface area contributed by atoms with Crippen molar-refractivity contribution in [3.05, 3.63) is 41.4 Å². The predicted molar refractivity (Wildman–Crippen MR) is 119 cm³/mol. The summed E-state index contributed by atoms with van der Waals surface area (Å²) in [5.74, 6) is -42.1. The van der Waals surface area contributed by atoms with Gasteiger partial charge in [0.25, 0.3) is 0 Å². The van der Waals surface area contributed by atoms with Crippen molar-refractivity contribution in [3.63, 3.8) is 0 Å². The molecule has 43 heavy (non-hydrogen) atoms. The van der Waals surface area contributed by atoms with Gasteiger partial charge in [-0.05, 0) is 31.9 Å². The molecule has 2 atom stereocenters. The van der Waals surface area contributed by atoms with Crippen LogP contribution in [0.15, 0.2) is 40.8 Å². The van der Waals surface area contributed by atoms with Gasteiger partial charge in [-0.25, -0.2) is 4.79 Å². The lowest BCUT2D eigenvalue weighted by Gasteiger charge is -2.39. The molecule has 0 N–H and O–H groups in total. The number of methoxy groups -OCH3 is 1. The van der Waals surface area contributed by atoms with Crippen LogP contribution in [0.2, 0.25) is 0 Å². The van der Waals surface area contributed by atoms with Crippen molar-refractivity contribution in [1.82, 2.24) is 4.98 Å². The lowest BCUT2D eigenvalue weighted by molar-refractivity contribution is -0.440. The molecule has 1 aromatic heterocycles. The van der Waals surface area contributed by atoms with Gasteiger partial charge in [0.15, 0.2) is 0 Å². The summed E-state index contributed by atoms with van der Waals surface area (Å²) in [6.07, 6.45) is -8.93. The second-order valence-corrected chi connectivity index (χ2v) is 9.26. The predicted octanol–water partition coefficient (Wildman–Crippen LogP) is 6.77. The van der Waals surface area contributed by atoms with E-state index in [1.54, 1.807) is 0 Å². The van der Waals surface area contributed by atoms with Crippen LogP contribution in [0.1, 0.15) is 38.2 Å². The molecule has 2 unspecified atom stereocenters. The maximum atomic E-state index is 14.0. The number of rotatable bonds is 11. The van der Waals surface area contributed by atoms with E-state index in [0.29, 0.717) is 0 Å². The number of alkyl halides is 13. The standard InChI is InChI=1S/C24H21F13N2O4/c1-11-14(17(40)42-3)16(13-6-4-8-38-10-13)15(12(2)39-11)18(41)43-9-5-7-19(25,26)20(27,28)21(29,30)22(31,32)23(33,34)24(35,36)37/h4,6,8,10,14,16H,5,7,9H2,1-3H3. The molecule has 6 nitrogen and oxygen atoms in total. The average Bonchev–Trinajstić information content (AvgIpc) is 2.89. The van der Waals surface area contributed by atoms with Gasteiger partial charge in [-0.2, -0.15) is 57.1 Å². The number of allylic oxidation sites excluding steroid dienone is 1. The molecule has 242 valence electrons. The maximum Gasteiger partial charge on any atom is 0.460 e. The lowest BCUT2D eigenvalue weighted by Crippen LogP contribution is -2.70. The number of carbonyl (C=O) groups excluding carboxylic acids is 2. The SMILES string of the molecule is COC(=O)C1C(C)=NC(C)=C(C(=O)OCCCC(F)(F)C(F)(F)C(F)(F)C(F)(F)C(F)(F)C(F)(F)F)C1c1cccnc1. The largest absolute Gasteiger partial charge is 0.468 e. The Bertz CT molecular complexity index is 1260. The number of aromatic nitrogens is 1. The number of carbonyl (C=O) groups is 2. The van der Waals surface area contributed by atoms with E-state index in [1.807, 2.05) is 0 Å². The van der Waals surface area contributed by atoms with E-state index in [4.69, 9.17) is 9.47 Å². The van der Waals surface area contributed by atoms with Gasteiger partial charge in [0.1, 0.15) is 5.92 Å². The fourth-order valence-corrected chi connectivity index (χ4v) is 4.15. The van der Waals surface area contributed by atoms with Gasteiger partial charge < -0.3 is 9.47 Å². The average molecular weight is 648 g/mol. The second kappa shape index (κ2) is 11.9. The van der Waals surface area contributed by atoms with Crippen molar-refractivity contribution in [2.24, 2.45) is 10.9 Å². The second-order valence-electron chi connectivity index (χ2n) is 9.26. The summed E-state index contributed by atoms with van der Waals surface area (Å²) in [7, 11) is 1.03. The van der Waals surface area contributed by atoms with Crippen molar-refractivity contribution < 1.29 is 76.1 Å². The number of nitrogens with zero attached hydrogens (tertiary/aromatic N) is 2. The Morgan fingerprint density at radius 1 is 0.860 bits per heavy atom. The smallest absolute Gasteiger partial charge is 0.460 e. The lowest BCUT2D eigenvalue weighted by atomic mass is 9.76. The first-order chi connectivity index (χ1) is 19.4. The Balaban J connectivity index is 2.27. The summed E-state index contributed by atoms with van der Waals surface area (Å²) < 4.78 is 182. The van der Waals surface area contributed by atoms with Crippen LogP contribution in [0.3, 0.4) is 0 Å². The Labute approximate surface area is 233 Å². The van der Waals surface area contributed by atoms with Crippen molar-refractivity contribution in [1.29, 1.82) is 0 Å². The first-order valence-electron chi connectivity index (χ1n) is 11.8. The van der Waals surface area contributed by atoms with Crippen LogP contribution in [0.25, 0.3) is 0 Å². The first-order valence-corrected chi connectivity index (χ1v) is 11.8. The minimum atomic E-state index is -8.00. The Hall–Kier alpha value is -3.41. The van der Waals surface area contributed by atoms with Gasteiger partial charge in [-0.3, -0.25) is 14.8 Å². The Morgan fingerprint density at radius 3 is 1.91 bits per heavy atom. The number of ether oxygens (including phenoxy) is 2. The van der Waals surface area contributed by atoms with Crippen molar-refractivity contribution in [2.75, 3.05) is 13.7 Å². The molecular formula is C24H21F13N2O4. The molecule has 1 aliphatic heterocycles. The number of pyridine rings is 1. The third-order valence-electron chi connectivity index (χ3n) is 6.41. The van der Waals surface area contributed by atoms with Gasteiger partial charge >= 0.3 is 47.7 Å². The van der Waals surface area contributed by atoms with E-state index in [9.17, 15) is 66.7 Å². The monoisotopic (exact) mass is 648 g/mol. The molecule has 0 radical (unpaired) electrons. The van der Waals surface area contributed by atoms with Gasteiger partial charge in [-0.15, -0.1) is 0 Å². The number of aliphatic imine (C=N–C) groups is 1. The van der Waals surface area contributed by atoms with E-state index >= 15 is 0 Å². The minimum absolute atomic E-state index is 0.0548. The Morgan fingerprint density at radius 2 is 1.42 bits per heavy atom. The summed E-state index contributed by atoms with van der Waals surface area (Å²) in [4.78, 5) is 33.3. The van der Waals surface area contributed by atoms with Gasteiger partial charge in [0.2, 0.25) is 0 Å². The van der Waals surface area contributed by atoms with Crippen molar-refractivity contribution >= 4 is 17.7 Å². The number of hydrogen-bond donors (Lipinski definition) is 0. The van der Waals surface area contributed by atoms with Gasteiger partial charge in [0.05, 0.1) is 19.3 Å². The van der Waals surface area contributed by atoms with Crippen LogP contribution in [-0.4, -0.2) is 72.1 Å². The van der Waals surface area contributed by atoms with Crippen LogP contribution >= 0.6 is 0 Å². The summed E-state index contributed by atoms with van der Waals surface area (Å²) in [5, 5.41) is 0. The third kappa shape index (κ3) is 6.16. The molecule has 2 rings (SSSR count). The molecule has 0 bridgehead atoms. The Kier molecular flexibility index (Phi) is 9.93. The normalized spacial score (nSPS) is 19.2. The molecule has 0 fully saturated rings. The topological polar surface area (TPSA) is 77.8 Å². The summed E-state index contributed by atoms with van der Waals surface area (Å²) >= 11 is 0. The van der Waals surface area contributed by atoms with Crippen LogP contribution in [0, 0.1) is 5.92 Å². The highest BCUT2D eigenvalue weighted by Gasteiger charge is 2.90. The van der Waals surface area contributed by atoms with Gasteiger partial charge in [0, 0.05) is 36.1 Å². The molecule has 0 aliphatic carbocycles. The quantitative estimate of drug-likeness (QED) is 0.151. The fourth-order valence-electron chi connectivity index (χ4n) is 4.15. The zero-order valence-corrected chi connectivity index (χ0v) is 22.0. The summed E-state index contributed by atoms with van der Waals surface area (Å²) in [6.45, 7) is 1.42. The molecular weight excluding hydrogens is 627 g/mol. The van der Waals surface area contributed by atoms with E-state index in [-0.39, 0.29) is 22.5 Å². The number of esters is 2. The highest BCUT2D eigenvalue weighted by atomic mass is 19.4. The van der Waals surface area contributed by atoms with Crippen LogP contribution in [0.4, 0.5) is 57.1 Å². The van der Waals surface area contributed by atoms with Gasteiger partial charge in [-0.1, -0.05) is 6.07 Å². The van der Waals surface area contributed by atoms with Crippen LogP contribution in [0.5, 0.6) is 0 Å². The van der Waals surface area contributed by atoms with Crippen molar-refractivity contribution in [2.45, 2.75) is 68.4 Å². The third-order valence-corrected chi connectivity index (χ3v) is 6.41. The minimum Gasteiger partial charge on any atom is -0.468 e.